The summed E-state index contributed by atoms with van der Waals surface area (Å²) in [6.07, 6.45) is 0.593. The van der Waals surface area contributed by atoms with Crippen molar-refractivity contribution in [1.29, 1.82) is 0 Å². The molecule has 0 radical (unpaired) electrons. The average Bonchev–Trinajstić information content (AvgIpc) is 3.35. The van der Waals surface area contributed by atoms with Crippen molar-refractivity contribution in [2.24, 2.45) is 0 Å². The summed E-state index contributed by atoms with van der Waals surface area (Å²) in [4.78, 5) is 39.4. The van der Waals surface area contributed by atoms with Gasteiger partial charge in [-0.3, -0.25) is 14.9 Å². The van der Waals surface area contributed by atoms with Gasteiger partial charge in [0.25, 0.3) is 5.91 Å². The van der Waals surface area contributed by atoms with Gasteiger partial charge in [0, 0.05) is 5.92 Å². The van der Waals surface area contributed by atoms with Gasteiger partial charge in [-0.15, -0.1) is 0 Å². The number of hydrogen-bond donors (Lipinski definition) is 3. The third-order valence-electron chi connectivity index (χ3n) is 5.00. The van der Waals surface area contributed by atoms with E-state index in [0.717, 1.165) is 33.6 Å². The van der Waals surface area contributed by atoms with E-state index in [9.17, 15) is 14.4 Å². The first-order valence-electron chi connectivity index (χ1n) is 9.55. The topological polar surface area (TPSA) is 118 Å². The normalized spacial score (nSPS) is 13.1. The summed E-state index contributed by atoms with van der Waals surface area (Å²) < 4.78 is 5.45. The van der Waals surface area contributed by atoms with E-state index in [1.54, 1.807) is 0 Å². The lowest BCUT2D eigenvalue weighted by molar-refractivity contribution is -0.138. The molecule has 31 heavy (non-hydrogen) atoms. The monoisotopic (exact) mass is 437 g/mol. The zero-order valence-corrected chi connectivity index (χ0v) is 17.3. The zero-order chi connectivity index (χ0) is 22.0. The van der Waals surface area contributed by atoms with Crippen molar-refractivity contribution >= 4 is 34.4 Å². The second-order valence-electron chi connectivity index (χ2n) is 7.01. The molecular weight excluding hydrogens is 418 g/mol. The largest absolute Gasteiger partial charge is 0.480 e. The standard InChI is InChI=1S/C22H19N3O5S/c1-12(20(27)28)24-19(26)18-10-23-21(31-18)25-22(29)30-11-17-15-8-4-2-6-13(15)14-7-3-5-9-16(14)17/h2-10,12,17H,11H2,1H3,(H,24,26)(H,27,28)(H,23,25,29). The number of nitrogens with zero attached hydrogens (tertiary/aromatic N) is 1. The van der Waals surface area contributed by atoms with Crippen LogP contribution in [0.1, 0.15) is 33.6 Å². The molecule has 0 saturated carbocycles. The third kappa shape index (κ3) is 4.26. The van der Waals surface area contributed by atoms with Gasteiger partial charge in [-0.05, 0) is 29.2 Å². The molecule has 3 aromatic rings. The lowest BCUT2D eigenvalue weighted by atomic mass is 9.98. The van der Waals surface area contributed by atoms with Crippen LogP contribution in [0.25, 0.3) is 11.1 Å². The molecule has 1 aromatic heterocycles. The van der Waals surface area contributed by atoms with Gasteiger partial charge in [0.2, 0.25) is 0 Å². The maximum absolute atomic E-state index is 12.3. The molecule has 9 heteroatoms. The fourth-order valence-corrected chi connectivity index (χ4v) is 4.19. The minimum absolute atomic E-state index is 0.0618. The van der Waals surface area contributed by atoms with Crippen molar-refractivity contribution in [3.05, 3.63) is 70.7 Å². The number of carbonyl (C=O) groups excluding carboxylic acids is 2. The predicted octanol–water partition coefficient (Wildman–Crippen LogP) is 3.71. The SMILES string of the molecule is CC(NC(=O)c1cnc(NC(=O)OCC2c3ccccc3-c3ccccc32)s1)C(=O)O. The van der Waals surface area contributed by atoms with Crippen LogP contribution in [-0.2, 0) is 9.53 Å². The van der Waals surface area contributed by atoms with Crippen LogP contribution in [0.4, 0.5) is 9.93 Å². The Hall–Kier alpha value is -3.72. The highest BCUT2D eigenvalue weighted by atomic mass is 32.1. The summed E-state index contributed by atoms with van der Waals surface area (Å²) in [5, 5.41) is 13.9. The summed E-state index contributed by atoms with van der Waals surface area (Å²) in [5.41, 5.74) is 4.49. The molecular formula is C22H19N3O5S. The highest BCUT2D eigenvalue weighted by Gasteiger charge is 2.29. The van der Waals surface area contributed by atoms with Gasteiger partial charge in [0.1, 0.15) is 17.5 Å². The first-order chi connectivity index (χ1) is 14.9. The Morgan fingerprint density at radius 1 is 1.10 bits per heavy atom. The fourth-order valence-electron chi connectivity index (χ4n) is 3.49. The van der Waals surface area contributed by atoms with Crippen molar-refractivity contribution in [3.8, 4) is 11.1 Å². The number of aromatic nitrogens is 1. The summed E-state index contributed by atoms with van der Waals surface area (Å²) >= 11 is 0.930. The summed E-state index contributed by atoms with van der Waals surface area (Å²) in [5.74, 6) is -1.78. The number of carbonyl (C=O) groups is 3. The Bertz CT molecular complexity index is 1110. The number of nitrogens with one attached hydrogen (secondary N) is 2. The van der Waals surface area contributed by atoms with Crippen molar-refractivity contribution < 1.29 is 24.2 Å². The molecule has 1 atom stereocenters. The van der Waals surface area contributed by atoms with Crippen LogP contribution in [0.5, 0.6) is 0 Å². The van der Waals surface area contributed by atoms with Crippen molar-refractivity contribution in [1.82, 2.24) is 10.3 Å². The van der Waals surface area contributed by atoms with Crippen molar-refractivity contribution in [2.75, 3.05) is 11.9 Å². The molecule has 158 valence electrons. The molecule has 2 aromatic carbocycles. The lowest BCUT2D eigenvalue weighted by Crippen LogP contribution is -2.37. The molecule has 2 amide bonds. The molecule has 1 unspecified atom stereocenters. The predicted molar refractivity (Wildman–Crippen MR) is 115 cm³/mol. The summed E-state index contributed by atoms with van der Waals surface area (Å²) in [7, 11) is 0. The van der Waals surface area contributed by atoms with Gasteiger partial charge in [-0.25, -0.2) is 9.78 Å². The molecule has 0 spiro atoms. The smallest absolute Gasteiger partial charge is 0.413 e. The molecule has 1 aliphatic rings. The first kappa shape index (κ1) is 20.5. The molecule has 4 rings (SSSR count). The van der Waals surface area contributed by atoms with Gasteiger partial charge in [0.15, 0.2) is 5.13 Å². The molecule has 3 N–H and O–H groups in total. The maximum atomic E-state index is 12.3. The minimum atomic E-state index is -1.14. The van der Waals surface area contributed by atoms with Crippen LogP contribution < -0.4 is 10.6 Å². The number of thiazole rings is 1. The average molecular weight is 437 g/mol. The molecule has 0 saturated heterocycles. The van der Waals surface area contributed by atoms with Gasteiger partial charge in [-0.2, -0.15) is 0 Å². The number of benzene rings is 2. The Balaban J connectivity index is 1.38. The van der Waals surface area contributed by atoms with E-state index in [2.05, 4.69) is 27.8 Å². The molecule has 1 heterocycles. The molecule has 8 nitrogen and oxygen atoms in total. The highest BCUT2D eigenvalue weighted by Crippen LogP contribution is 2.44. The number of fused-ring (bicyclic) bond motifs is 3. The second-order valence-corrected chi connectivity index (χ2v) is 8.04. The number of aliphatic carboxylic acids is 1. The Kier molecular flexibility index (Phi) is 5.68. The van der Waals surface area contributed by atoms with Gasteiger partial charge >= 0.3 is 12.1 Å². The maximum Gasteiger partial charge on any atom is 0.413 e. The molecule has 0 aliphatic heterocycles. The van der Waals surface area contributed by atoms with Crippen LogP contribution >= 0.6 is 11.3 Å². The number of carboxylic acid groups (broad SMARTS) is 1. The van der Waals surface area contributed by atoms with E-state index in [1.165, 1.54) is 13.1 Å². The molecule has 1 aliphatic carbocycles. The number of anilines is 1. The number of amides is 2. The van der Waals surface area contributed by atoms with Crippen LogP contribution in [0.3, 0.4) is 0 Å². The Morgan fingerprint density at radius 3 is 2.32 bits per heavy atom. The van der Waals surface area contributed by atoms with E-state index >= 15 is 0 Å². The quantitative estimate of drug-likeness (QED) is 0.541. The van der Waals surface area contributed by atoms with E-state index in [0.29, 0.717) is 0 Å². The van der Waals surface area contributed by atoms with Gasteiger partial charge in [0.05, 0.1) is 6.20 Å². The molecule has 0 bridgehead atoms. The summed E-state index contributed by atoms with van der Waals surface area (Å²) in [6, 6.07) is 15.0. The number of carboxylic acids is 1. The molecule has 0 fully saturated rings. The number of rotatable bonds is 6. The highest BCUT2D eigenvalue weighted by molar-refractivity contribution is 7.17. The zero-order valence-electron chi connectivity index (χ0n) is 16.5. The van der Waals surface area contributed by atoms with Crippen molar-refractivity contribution in [2.45, 2.75) is 18.9 Å². The fraction of sp³-hybridized carbons (Fsp3) is 0.182. The Labute approximate surface area is 181 Å². The lowest BCUT2D eigenvalue weighted by Gasteiger charge is -2.14. The van der Waals surface area contributed by atoms with Crippen LogP contribution in [0.2, 0.25) is 0 Å². The van der Waals surface area contributed by atoms with Gasteiger partial charge in [-0.1, -0.05) is 59.9 Å². The Morgan fingerprint density at radius 2 is 1.71 bits per heavy atom. The minimum Gasteiger partial charge on any atom is -0.480 e. The van der Waals surface area contributed by atoms with Crippen LogP contribution in [0, 0.1) is 0 Å². The van der Waals surface area contributed by atoms with E-state index < -0.39 is 24.0 Å². The third-order valence-corrected chi connectivity index (χ3v) is 5.91. The number of hydrogen-bond acceptors (Lipinski definition) is 6. The van der Waals surface area contributed by atoms with Crippen LogP contribution in [0.15, 0.2) is 54.7 Å². The van der Waals surface area contributed by atoms with Gasteiger partial charge < -0.3 is 15.2 Å². The second kappa shape index (κ2) is 8.57. The summed E-state index contributed by atoms with van der Waals surface area (Å²) in [6.45, 7) is 1.52. The van der Waals surface area contributed by atoms with E-state index in [4.69, 9.17) is 9.84 Å². The van der Waals surface area contributed by atoms with Crippen LogP contribution in [-0.4, -0.2) is 40.7 Å². The van der Waals surface area contributed by atoms with Crippen molar-refractivity contribution in [3.63, 3.8) is 0 Å². The van der Waals surface area contributed by atoms with E-state index in [1.807, 2.05) is 36.4 Å². The number of ether oxygens (including phenoxy) is 1. The van der Waals surface area contributed by atoms with E-state index in [-0.39, 0.29) is 22.5 Å². The first-order valence-corrected chi connectivity index (χ1v) is 10.4.